The van der Waals surface area contributed by atoms with Crippen LogP contribution in [0.1, 0.15) is 11.4 Å². The smallest absolute Gasteiger partial charge is 0.161 e. The second-order valence-corrected chi connectivity index (χ2v) is 4.27. The average molecular weight is 255 g/mol. The van der Waals surface area contributed by atoms with Gasteiger partial charge >= 0.3 is 0 Å². The number of nitrogens with one attached hydrogen (secondary N) is 2. The van der Waals surface area contributed by atoms with Crippen molar-refractivity contribution in [2.45, 2.75) is 13.5 Å². The first kappa shape index (κ1) is 11.5. The Labute approximate surface area is 109 Å². The SMILES string of the molecule is Cc1nc(NCc2ccc(O)cc2)c2cn[nH]c2n1. The molecule has 0 saturated heterocycles. The highest BCUT2D eigenvalue weighted by Gasteiger charge is 2.07. The molecule has 3 aromatic rings. The summed E-state index contributed by atoms with van der Waals surface area (Å²) in [6.07, 6.45) is 1.70. The molecule has 6 heteroatoms. The second-order valence-electron chi connectivity index (χ2n) is 4.27. The molecule has 0 aliphatic carbocycles. The topological polar surface area (TPSA) is 86.7 Å². The standard InChI is InChI=1S/C13H13N5O/c1-8-16-12(11-7-15-18-13(11)17-8)14-6-9-2-4-10(19)5-3-9/h2-5,7,19H,6H2,1H3,(H2,14,15,16,17,18). The number of rotatable bonds is 3. The van der Waals surface area contributed by atoms with Crippen LogP contribution in [0.5, 0.6) is 5.75 Å². The van der Waals surface area contributed by atoms with E-state index in [4.69, 9.17) is 0 Å². The Hall–Kier alpha value is -2.63. The molecule has 0 spiro atoms. The van der Waals surface area contributed by atoms with E-state index in [1.54, 1.807) is 18.3 Å². The van der Waals surface area contributed by atoms with Gasteiger partial charge in [0.1, 0.15) is 17.4 Å². The van der Waals surface area contributed by atoms with Crippen molar-refractivity contribution in [3.8, 4) is 5.75 Å². The van der Waals surface area contributed by atoms with Gasteiger partial charge in [-0.1, -0.05) is 12.1 Å². The molecule has 2 heterocycles. The number of fused-ring (bicyclic) bond motifs is 1. The molecule has 2 aromatic heterocycles. The largest absolute Gasteiger partial charge is 0.508 e. The number of H-pyrrole nitrogens is 1. The normalized spacial score (nSPS) is 10.8. The van der Waals surface area contributed by atoms with E-state index in [9.17, 15) is 5.11 Å². The fourth-order valence-electron chi connectivity index (χ4n) is 1.88. The number of aryl methyl sites for hydroxylation is 1. The quantitative estimate of drug-likeness (QED) is 0.666. The number of anilines is 1. The van der Waals surface area contributed by atoms with Gasteiger partial charge in [0, 0.05) is 6.54 Å². The van der Waals surface area contributed by atoms with Crippen LogP contribution in [0, 0.1) is 6.92 Å². The van der Waals surface area contributed by atoms with E-state index < -0.39 is 0 Å². The fourth-order valence-corrected chi connectivity index (χ4v) is 1.88. The third kappa shape index (κ3) is 2.33. The van der Waals surface area contributed by atoms with Crippen molar-refractivity contribution in [3.05, 3.63) is 41.9 Å². The van der Waals surface area contributed by atoms with E-state index in [2.05, 4.69) is 25.5 Å². The van der Waals surface area contributed by atoms with E-state index >= 15 is 0 Å². The van der Waals surface area contributed by atoms with Crippen molar-refractivity contribution < 1.29 is 5.11 Å². The molecule has 0 saturated carbocycles. The lowest BCUT2D eigenvalue weighted by atomic mass is 10.2. The number of nitrogens with zero attached hydrogens (tertiary/aromatic N) is 3. The lowest BCUT2D eigenvalue weighted by molar-refractivity contribution is 0.475. The second kappa shape index (κ2) is 4.56. The number of hydrogen-bond donors (Lipinski definition) is 3. The number of benzene rings is 1. The van der Waals surface area contributed by atoms with E-state index in [1.165, 1.54) is 0 Å². The van der Waals surface area contributed by atoms with Crippen LogP contribution in [0.25, 0.3) is 11.0 Å². The highest BCUT2D eigenvalue weighted by Crippen LogP contribution is 2.19. The van der Waals surface area contributed by atoms with Crippen LogP contribution >= 0.6 is 0 Å². The Morgan fingerprint density at radius 3 is 2.79 bits per heavy atom. The van der Waals surface area contributed by atoms with Crippen LogP contribution in [0.3, 0.4) is 0 Å². The third-order valence-electron chi connectivity index (χ3n) is 2.82. The molecule has 3 N–H and O–H groups in total. The first-order chi connectivity index (χ1) is 9.22. The minimum Gasteiger partial charge on any atom is -0.508 e. The summed E-state index contributed by atoms with van der Waals surface area (Å²) in [6, 6.07) is 7.05. The van der Waals surface area contributed by atoms with Crippen LogP contribution in [-0.4, -0.2) is 25.3 Å². The summed E-state index contributed by atoms with van der Waals surface area (Å²) in [6.45, 7) is 2.46. The molecule has 19 heavy (non-hydrogen) atoms. The molecular weight excluding hydrogens is 242 g/mol. The zero-order valence-corrected chi connectivity index (χ0v) is 10.4. The summed E-state index contributed by atoms with van der Waals surface area (Å²) < 4.78 is 0. The summed E-state index contributed by atoms with van der Waals surface area (Å²) >= 11 is 0. The van der Waals surface area contributed by atoms with Crippen molar-refractivity contribution in [2.24, 2.45) is 0 Å². The molecule has 0 fully saturated rings. The van der Waals surface area contributed by atoms with Crippen LogP contribution in [0.2, 0.25) is 0 Å². The maximum atomic E-state index is 9.24. The Bertz CT molecular complexity index is 705. The molecule has 96 valence electrons. The lowest BCUT2D eigenvalue weighted by Gasteiger charge is -2.07. The Morgan fingerprint density at radius 2 is 2.00 bits per heavy atom. The number of aromatic nitrogens is 4. The molecule has 0 atom stereocenters. The summed E-state index contributed by atoms with van der Waals surface area (Å²) in [5, 5.41) is 20.2. The highest BCUT2D eigenvalue weighted by atomic mass is 16.3. The zero-order chi connectivity index (χ0) is 13.2. The summed E-state index contributed by atoms with van der Waals surface area (Å²) in [4.78, 5) is 8.64. The monoisotopic (exact) mass is 255 g/mol. The van der Waals surface area contributed by atoms with Crippen LogP contribution in [0.4, 0.5) is 5.82 Å². The maximum Gasteiger partial charge on any atom is 0.161 e. The Kier molecular flexibility index (Phi) is 2.75. The number of aromatic amines is 1. The number of phenols is 1. The van der Waals surface area contributed by atoms with E-state index in [1.807, 2.05) is 19.1 Å². The van der Waals surface area contributed by atoms with Crippen LogP contribution in [-0.2, 0) is 6.54 Å². The van der Waals surface area contributed by atoms with E-state index in [0.717, 1.165) is 22.4 Å². The van der Waals surface area contributed by atoms with Crippen molar-refractivity contribution in [3.63, 3.8) is 0 Å². The van der Waals surface area contributed by atoms with Crippen LogP contribution in [0.15, 0.2) is 30.5 Å². The molecule has 0 aliphatic heterocycles. The molecular formula is C13H13N5O. The molecule has 1 aromatic carbocycles. The van der Waals surface area contributed by atoms with Crippen molar-refractivity contribution in [2.75, 3.05) is 5.32 Å². The molecule has 6 nitrogen and oxygen atoms in total. The van der Waals surface area contributed by atoms with Gasteiger partial charge in [0.05, 0.1) is 11.6 Å². The van der Waals surface area contributed by atoms with E-state index in [-0.39, 0.29) is 5.75 Å². The Morgan fingerprint density at radius 1 is 1.21 bits per heavy atom. The van der Waals surface area contributed by atoms with Gasteiger partial charge in [0.2, 0.25) is 0 Å². The van der Waals surface area contributed by atoms with Gasteiger partial charge in [-0.25, -0.2) is 9.97 Å². The third-order valence-corrected chi connectivity index (χ3v) is 2.82. The predicted molar refractivity (Wildman–Crippen MR) is 71.9 cm³/mol. The summed E-state index contributed by atoms with van der Waals surface area (Å²) in [5.41, 5.74) is 1.78. The molecule has 0 amide bonds. The summed E-state index contributed by atoms with van der Waals surface area (Å²) in [5.74, 6) is 1.70. The minimum absolute atomic E-state index is 0.263. The molecule has 3 rings (SSSR count). The minimum atomic E-state index is 0.263. The molecule has 0 radical (unpaired) electrons. The average Bonchev–Trinajstić information content (AvgIpc) is 2.85. The van der Waals surface area contributed by atoms with Gasteiger partial charge in [-0.15, -0.1) is 0 Å². The van der Waals surface area contributed by atoms with Gasteiger partial charge in [0.15, 0.2) is 5.65 Å². The first-order valence-electron chi connectivity index (χ1n) is 5.92. The maximum absolute atomic E-state index is 9.24. The van der Waals surface area contributed by atoms with Crippen molar-refractivity contribution in [1.82, 2.24) is 20.2 Å². The molecule has 0 unspecified atom stereocenters. The fraction of sp³-hybridized carbons (Fsp3) is 0.154. The van der Waals surface area contributed by atoms with Crippen LogP contribution < -0.4 is 5.32 Å². The van der Waals surface area contributed by atoms with Gasteiger partial charge in [-0.2, -0.15) is 5.10 Å². The van der Waals surface area contributed by atoms with Gasteiger partial charge in [-0.05, 0) is 24.6 Å². The first-order valence-corrected chi connectivity index (χ1v) is 5.92. The van der Waals surface area contributed by atoms with Gasteiger partial charge in [0.25, 0.3) is 0 Å². The van der Waals surface area contributed by atoms with Crippen molar-refractivity contribution in [1.29, 1.82) is 0 Å². The number of phenolic OH excluding ortho intramolecular Hbond substituents is 1. The summed E-state index contributed by atoms with van der Waals surface area (Å²) in [7, 11) is 0. The van der Waals surface area contributed by atoms with Gasteiger partial charge in [-0.3, -0.25) is 5.10 Å². The number of aromatic hydroxyl groups is 1. The van der Waals surface area contributed by atoms with E-state index in [0.29, 0.717) is 12.4 Å². The molecule has 0 bridgehead atoms. The predicted octanol–water partition coefficient (Wildman–Crippen LogP) is 1.98. The number of hydrogen-bond acceptors (Lipinski definition) is 5. The Balaban J connectivity index is 1.85. The highest BCUT2D eigenvalue weighted by molar-refractivity contribution is 5.85. The zero-order valence-electron chi connectivity index (χ0n) is 10.4. The lowest BCUT2D eigenvalue weighted by Crippen LogP contribution is -2.03. The van der Waals surface area contributed by atoms with Crippen molar-refractivity contribution >= 4 is 16.9 Å². The molecule has 0 aliphatic rings. The van der Waals surface area contributed by atoms with Gasteiger partial charge < -0.3 is 10.4 Å².